The van der Waals surface area contributed by atoms with Gasteiger partial charge in [-0.05, 0) is 51.9 Å². The summed E-state index contributed by atoms with van der Waals surface area (Å²) in [5.74, 6) is 0.392. The number of hydrogen-bond donors (Lipinski definition) is 2. The molecule has 0 aliphatic carbocycles. The highest BCUT2D eigenvalue weighted by Crippen LogP contribution is 2.28. The van der Waals surface area contributed by atoms with Crippen LogP contribution in [-0.2, 0) is 4.79 Å². The highest BCUT2D eigenvalue weighted by atomic mass is 35.5. The van der Waals surface area contributed by atoms with Gasteiger partial charge in [0.1, 0.15) is 5.75 Å². The van der Waals surface area contributed by atoms with Gasteiger partial charge in [0.05, 0.1) is 5.02 Å². The molecule has 1 aromatic carbocycles. The van der Waals surface area contributed by atoms with Crippen molar-refractivity contribution < 1.29 is 9.53 Å². The lowest BCUT2D eigenvalue weighted by Gasteiger charge is -2.19. The molecule has 0 saturated carbocycles. The van der Waals surface area contributed by atoms with Gasteiger partial charge in [-0.2, -0.15) is 0 Å². The van der Waals surface area contributed by atoms with Gasteiger partial charge >= 0.3 is 0 Å². The highest BCUT2D eigenvalue weighted by molar-refractivity contribution is 6.32. The van der Waals surface area contributed by atoms with Crippen molar-refractivity contribution in [2.24, 2.45) is 0 Å². The van der Waals surface area contributed by atoms with Crippen molar-refractivity contribution in [1.29, 1.82) is 0 Å². The minimum Gasteiger partial charge on any atom is -0.479 e. The maximum atomic E-state index is 12.0. The summed E-state index contributed by atoms with van der Waals surface area (Å²) in [6.07, 6.45) is 0.305. The van der Waals surface area contributed by atoms with Crippen LogP contribution < -0.4 is 15.4 Å². The number of ether oxygens (including phenoxy) is 1. The molecule has 1 aromatic rings. The summed E-state index contributed by atoms with van der Waals surface area (Å²) in [7, 11) is 1.89. The van der Waals surface area contributed by atoms with Crippen molar-refractivity contribution in [3.05, 3.63) is 28.8 Å². The fraction of sp³-hybridized carbons (Fsp3) is 0.562. The topological polar surface area (TPSA) is 50.4 Å². The standard InChI is InChI=1S/C16H25ClN2O2/c1-6-10(2)19-16(20)12(4)21-15-8-7-13(9-14(15)17)11(3)18-5/h7-12,18H,6H2,1-5H3,(H,19,20). The Morgan fingerprint density at radius 1 is 1.33 bits per heavy atom. The van der Waals surface area contributed by atoms with E-state index in [0.29, 0.717) is 10.8 Å². The van der Waals surface area contributed by atoms with Crippen LogP contribution in [0.15, 0.2) is 18.2 Å². The van der Waals surface area contributed by atoms with E-state index in [9.17, 15) is 4.79 Å². The average Bonchev–Trinajstić information content (AvgIpc) is 2.47. The Morgan fingerprint density at radius 3 is 2.52 bits per heavy atom. The summed E-state index contributed by atoms with van der Waals surface area (Å²) >= 11 is 6.23. The third-order valence-corrected chi connectivity index (χ3v) is 3.86. The lowest BCUT2D eigenvalue weighted by molar-refractivity contribution is -0.127. The van der Waals surface area contributed by atoms with Gasteiger partial charge in [0, 0.05) is 12.1 Å². The Hall–Kier alpha value is -1.26. The number of benzene rings is 1. The zero-order valence-electron chi connectivity index (χ0n) is 13.4. The Kier molecular flexibility index (Phi) is 6.99. The lowest BCUT2D eigenvalue weighted by atomic mass is 10.1. The molecule has 3 atom stereocenters. The molecular formula is C16H25ClN2O2. The SMILES string of the molecule is CCC(C)NC(=O)C(C)Oc1ccc(C(C)NC)cc1Cl. The number of hydrogen-bond acceptors (Lipinski definition) is 3. The summed E-state index contributed by atoms with van der Waals surface area (Å²) in [6.45, 7) is 7.76. The Labute approximate surface area is 132 Å². The molecule has 4 nitrogen and oxygen atoms in total. The zero-order valence-corrected chi connectivity index (χ0v) is 14.1. The van der Waals surface area contributed by atoms with Crippen LogP contribution in [0.3, 0.4) is 0 Å². The first-order valence-electron chi connectivity index (χ1n) is 7.32. The van der Waals surface area contributed by atoms with Gasteiger partial charge in [0.25, 0.3) is 5.91 Å². The minimum absolute atomic E-state index is 0.131. The smallest absolute Gasteiger partial charge is 0.260 e. The molecule has 3 unspecified atom stereocenters. The molecule has 0 saturated heterocycles. The van der Waals surface area contributed by atoms with Crippen LogP contribution in [0.1, 0.15) is 45.7 Å². The van der Waals surface area contributed by atoms with E-state index in [2.05, 4.69) is 17.6 Å². The lowest BCUT2D eigenvalue weighted by Crippen LogP contribution is -2.41. The van der Waals surface area contributed by atoms with E-state index in [1.54, 1.807) is 13.0 Å². The third-order valence-electron chi connectivity index (χ3n) is 3.56. The zero-order chi connectivity index (χ0) is 16.0. The number of carbonyl (C=O) groups is 1. The predicted octanol–water partition coefficient (Wildman–Crippen LogP) is 3.30. The molecule has 0 heterocycles. The van der Waals surface area contributed by atoms with Gasteiger partial charge in [0.15, 0.2) is 6.10 Å². The number of carbonyl (C=O) groups excluding carboxylic acids is 1. The fourth-order valence-corrected chi connectivity index (χ4v) is 1.99. The van der Waals surface area contributed by atoms with E-state index in [0.717, 1.165) is 12.0 Å². The maximum absolute atomic E-state index is 12.0. The van der Waals surface area contributed by atoms with Gasteiger partial charge < -0.3 is 15.4 Å². The monoisotopic (exact) mass is 312 g/mol. The molecule has 0 fully saturated rings. The van der Waals surface area contributed by atoms with Gasteiger partial charge in [-0.25, -0.2) is 0 Å². The molecule has 0 bridgehead atoms. The van der Waals surface area contributed by atoms with Crippen molar-refractivity contribution in [1.82, 2.24) is 10.6 Å². The molecule has 0 aromatic heterocycles. The Morgan fingerprint density at radius 2 is 2.00 bits per heavy atom. The summed E-state index contributed by atoms with van der Waals surface area (Å²) in [5.41, 5.74) is 1.08. The molecule has 0 spiro atoms. The molecule has 0 aliphatic heterocycles. The first-order valence-corrected chi connectivity index (χ1v) is 7.70. The van der Waals surface area contributed by atoms with Gasteiger partial charge in [-0.3, -0.25) is 4.79 Å². The normalized spacial score (nSPS) is 15.1. The van der Waals surface area contributed by atoms with Crippen molar-refractivity contribution in [3.8, 4) is 5.75 Å². The van der Waals surface area contributed by atoms with E-state index in [4.69, 9.17) is 16.3 Å². The number of halogens is 1. The fourth-order valence-electron chi connectivity index (χ4n) is 1.75. The first-order chi connectivity index (χ1) is 9.88. The van der Waals surface area contributed by atoms with Crippen LogP contribution in [0, 0.1) is 0 Å². The molecule has 118 valence electrons. The second-order valence-electron chi connectivity index (χ2n) is 5.28. The van der Waals surface area contributed by atoms with Crippen LogP contribution >= 0.6 is 11.6 Å². The minimum atomic E-state index is -0.580. The van der Waals surface area contributed by atoms with Crippen molar-refractivity contribution >= 4 is 17.5 Å². The number of amides is 1. The molecule has 5 heteroatoms. The van der Waals surface area contributed by atoms with Crippen LogP contribution in [0.4, 0.5) is 0 Å². The van der Waals surface area contributed by atoms with Crippen molar-refractivity contribution in [2.75, 3.05) is 7.05 Å². The summed E-state index contributed by atoms with van der Waals surface area (Å²) in [6, 6.07) is 5.96. The molecule has 1 rings (SSSR count). The average molecular weight is 313 g/mol. The number of nitrogens with one attached hydrogen (secondary N) is 2. The number of rotatable bonds is 7. The van der Waals surface area contributed by atoms with Crippen molar-refractivity contribution in [2.45, 2.75) is 52.3 Å². The van der Waals surface area contributed by atoms with Crippen LogP contribution in [0.2, 0.25) is 5.02 Å². The van der Waals surface area contributed by atoms with Gasteiger partial charge in [0.2, 0.25) is 0 Å². The predicted molar refractivity (Wildman–Crippen MR) is 86.9 cm³/mol. The second kappa shape index (κ2) is 8.25. The second-order valence-corrected chi connectivity index (χ2v) is 5.69. The van der Waals surface area contributed by atoms with E-state index in [-0.39, 0.29) is 18.0 Å². The van der Waals surface area contributed by atoms with Crippen LogP contribution in [-0.4, -0.2) is 25.1 Å². The van der Waals surface area contributed by atoms with E-state index < -0.39 is 6.10 Å². The molecule has 0 aliphatic rings. The summed E-state index contributed by atoms with van der Waals surface area (Å²) < 4.78 is 5.66. The molecular weight excluding hydrogens is 288 g/mol. The van der Waals surface area contributed by atoms with E-state index in [1.165, 1.54) is 0 Å². The van der Waals surface area contributed by atoms with E-state index in [1.807, 2.05) is 33.0 Å². The highest BCUT2D eigenvalue weighted by Gasteiger charge is 2.18. The van der Waals surface area contributed by atoms with Gasteiger partial charge in [-0.1, -0.05) is 24.6 Å². The van der Waals surface area contributed by atoms with E-state index >= 15 is 0 Å². The largest absolute Gasteiger partial charge is 0.479 e. The molecule has 0 radical (unpaired) electrons. The molecule has 2 N–H and O–H groups in total. The first kappa shape index (κ1) is 17.8. The molecule has 1 amide bonds. The maximum Gasteiger partial charge on any atom is 0.260 e. The summed E-state index contributed by atoms with van der Waals surface area (Å²) in [4.78, 5) is 12.0. The van der Waals surface area contributed by atoms with Crippen LogP contribution in [0.25, 0.3) is 0 Å². The summed E-state index contributed by atoms with van der Waals surface area (Å²) in [5, 5.41) is 6.55. The molecule has 21 heavy (non-hydrogen) atoms. The third kappa shape index (κ3) is 5.21. The quantitative estimate of drug-likeness (QED) is 0.812. The Bertz CT molecular complexity index is 479. The van der Waals surface area contributed by atoms with Crippen LogP contribution in [0.5, 0.6) is 5.75 Å². The Balaban J connectivity index is 2.72. The van der Waals surface area contributed by atoms with Crippen molar-refractivity contribution in [3.63, 3.8) is 0 Å². The van der Waals surface area contributed by atoms with Gasteiger partial charge in [-0.15, -0.1) is 0 Å².